The number of aromatic nitrogens is 2. The monoisotopic (exact) mass is 470 g/mol. The smallest absolute Gasteiger partial charge is 0.242 e. The van der Waals surface area contributed by atoms with Gasteiger partial charge in [-0.05, 0) is 37.1 Å². The quantitative estimate of drug-likeness (QED) is 0.449. The normalized spacial score (nSPS) is 11.9. The van der Waals surface area contributed by atoms with E-state index in [4.69, 9.17) is 4.98 Å². The molecule has 1 heterocycles. The molecule has 0 aliphatic carbocycles. The van der Waals surface area contributed by atoms with Crippen LogP contribution in [0.1, 0.15) is 43.1 Å². The van der Waals surface area contributed by atoms with E-state index >= 15 is 0 Å². The summed E-state index contributed by atoms with van der Waals surface area (Å²) >= 11 is 0. The molecule has 0 fully saturated rings. The molecule has 0 saturated heterocycles. The summed E-state index contributed by atoms with van der Waals surface area (Å²) in [6.45, 7) is 5.53. The van der Waals surface area contributed by atoms with E-state index in [0.717, 1.165) is 36.3 Å². The Morgan fingerprint density at radius 3 is 2.39 bits per heavy atom. The van der Waals surface area contributed by atoms with E-state index in [0.29, 0.717) is 24.9 Å². The number of imidazole rings is 1. The molecule has 3 aromatic rings. The Labute approximate surface area is 197 Å². The van der Waals surface area contributed by atoms with Gasteiger partial charge in [-0.1, -0.05) is 43.2 Å². The summed E-state index contributed by atoms with van der Waals surface area (Å²) in [7, 11) is 1.32. The molecule has 3 rings (SSSR count). The predicted octanol–water partition coefficient (Wildman–Crippen LogP) is 3.99. The molecular formula is C25H34N4O3S. The van der Waals surface area contributed by atoms with Crippen LogP contribution in [-0.2, 0) is 34.3 Å². The molecule has 8 heteroatoms. The van der Waals surface area contributed by atoms with Crippen molar-refractivity contribution in [1.82, 2.24) is 18.8 Å². The second kappa shape index (κ2) is 10.5. The van der Waals surface area contributed by atoms with E-state index in [-0.39, 0.29) is 10.8 Å². The molecule has 2 aromatic carbocycles. The van der Waals surface area contributed by atoms with Crippen LogP contribution in [0, 0.1) is 6.92 Å². The zero-order valence-corrected chi connectivity index (χ0v) is 21.0. The molecule has 7 nitrogen and oxygen atoms in total. The van der Waals surface area contributed by atoms with Gasteiger partial charge < -0.3 is 9.47 Å². The molecule has 0 aliphatic rings. The first-order valence-corrected chi connectivity index (χ1v) is 12.8. The minimum atomic E-state index is -3.54. The highest BCUT2D eigenvalue weighted by Crippen LogP contribution is 2.23. The van der Waals surface area contributed by atoms with E-state index in [1.807, 2.05) is 32.2 Å². The summed E-state index contributed by atoms with van der Waals surface area (Å²) in [5.74, 6) is 0.871. The molecule has 178 valence electrons. The van der Waals surface area contributed by atoms with Gasteiger partial charge in [0, 0.05) is 47.1 Å². The average Bonchev–Trinajstić information content (AvgIpc) is 3.13. The topological polar surface area (TPSA) is 75.5 Å². The van der Waals surface area contributed by atoms with E-state index in [2.05, 4.69) is 23.6 Å². The molecule has 1 amide bonds. The summed E-state index contributed by atoms with van der Waals surface area (Å²) in [5.41, 5.74) is 3.84. The molecule has 0 unspecified atom stereocenters. The van der Waals surface area contributed by atoms with E-state index in [1.165, 1.54) is 24.0 Å². The lowest BCUT2D eigenvalue weighted by atomic mass is 10.1. The second-order valence-electron chi connectivity index (χ2n) is 8.71. The Hall–Kier alpha value is -2.71. The van der Waals surface area contributed by atoms with Crippen molar-refractivity contribution in [2.24, 2.45) is 0 Å². The van der Waals surface area contributed by atoms with Gasteiger partial charge in [-0.15, -0.1) is 0 Å². The standard InChI is InChI=1S/C25H34N4O3S/c1-6-7-16-29-23-13-12-21(33(31,32)27(3)4)17-22(23)26-24(29)14-15-25(30)28(5)18-20-10-8-19(2)9-11-20/h8-13,17H,6-7,14-16,18H2,1-5H3. The van der Waals surface area contributed by atoms with Gasteiger partial charge in [0.15, 0.2) is 0 Å². The molecule has 1 aromatic heterocycles. The Bertz CT molecular complexity index is 1210. The second-order valence-corrected chi connectivity index (χ2v) is 10.9. The van der Waals surface area contributed by atoms with Crippen LogP contribution in [0.25, 0.3) is 11.0 Å². The summed E-state index contributed by atoms with van der Waals surface area (Å²) in [5, 5.41) is 0. The van der Waals surface area contributed by atoms with Crippen molar-refractivity contribution in [2.45, 2.75) is 57.5 Å². The van der Waals surface area contributed by atoms with Crippen molar-refractivity contribution in [3.63, 3.8) is 0 Å². The fourth-order valence-electron chi connectivity index (χ4n) is 3.75. The summed E-state index contributed by atoms with van der Waals surface area (Å²) < 4.78 is 28.4. The number of rotatable bonds is 10. The Kier molecular flexibility index (Phi) is 7.92. The number of carbonyl (C=O) groups excluding carboxylic acids is 1. The third-order valence-electron chi connectivity index (χ3n) is 5.84. The minimum Gasteiger partial charge on any atom is -0.341 e. The molecule has 0 aliphatic heterocycles. The number of carbonyl (C=O) groups is 1. The third-order valence-corrected chi connectivity index (χ3v) is 7.65. The third kappa shape index (κ3) is 5.81. The van der Waals surface area contributed by atoms with E-state index in [9.17, 15) is 13.2 Å². The summed E-state index contributed by atoms with van der Waals surface area (Å²) in [6.07, 6.45) is 2.87. The van der Waals surface area contributed by atoms with Crippen LogP contribution in [0.4, 0.5) is 0 Å². The highest BCUT2D eigenvalue weighted by molar-refractivity contribution is 7.89. The Morgan fingerprint density at radius 2 is 1.76 bits per heavy atom. The number of fused-ring (bicyclic) bond motifs is 1. The number of sulfonamides is 1. The van der Waals surface area contributed by atoms with Crippen LogP contribution in [0.3, 0.4) is 0 Å². The van der Waals surface area contributed by atoms with Crippen molar-refractivity contribution in [3.8, 4) is 0 Å². The Balaban J connectivity index is 1.80. The number of amides is 1. The molecule has 0 saturated carbocycles. The van der Waals surface area contributed by atoms with Crippen molar-refractivity contribution in [2.75, 3.05) is 21.1 Å². The van der Waals surface area contributed by atoms with Crippen LogP contribution in [0.2, 0.25) is 0 Å². The number of benzene rings is 2. The van der Waals surface area contributed by atoms with Crippen molar-refractivity contribution in [1.29, 1.82) is 0 Å². The molecule has 33 heavy (non-hydrogen) atoms. The highest BCUT2D eigenvalue weighted by atomic mass is 32.2. The maximum absolute atomic E-state index is 12.8. The molecular weight excluding hydrogens is 436 g/mol. The fraction of sp³-hybridized carbons (Fsp3) is 0.440. The van der Waals surface area contributed by atoms with E-state index in [1.54, 1.807) is 17.0 Å². The maximum Gasteiger partial charge on any atom is 0.242 e. The van der Waals surface area contributed by atoms with Gasteiger partial charge >= 0.3 is 0 Å². The number of hydrogen-bond acceptors (Lipinski definition) is 4. The SMILES string of the molecule is CCCCn1c(CCC(=O)N(C)Cc2ccc(C)cc2)nc2cc(S(=O)(=O)N(C)C)ccc21. The number of aryl methyl sites for hydroxylation is 3. The molecule has 0 bridgehead atoms. The minimum absolute atomic E-state index is 0.0561. The largest absolute Gasteiger partial charge is 0.341 e. The van der Waals surface area contributed by atoms with Crippen LogP contribution in [0.15, 0.2) is 47.4 Å². The van der Waals surface area contributed by atoms with Gasteiger partial charge in [-0.25, -0.2) is 17.7 Å². The lowest BCUT2D eigenvalue weighted by molar-refractivity contribution is -0.130. The van der Waals surface area contributed by atoms with Crippen molar-refractivity contribution in [3.05, 3.63) is 59.4 Å². The fourth-order valence-corrected chi connectivity index (χ4v) is 4.67. The van der Waals surface area contributed by atoms with Gasteiger partial charge in [0.25, 0.3) is 0 Å². The number of hydrogen-bond donors (Lipinski definition) is 0. The van der Waals surface area contributed by atoms with Crippen LogP contribution in [-0.4, -0.2) is 54.2 Å². The van der Waals surface area contributed by atoms with Crippen molar-refractivity contribution >= 4 is 27.0 Å². The summed E-state index contributed by atoms with van der Waals surface area (Å²) in [4.78, 5) is 19.5. The first-order chi connectivity index (χ1) is 15.6. The first kappa shape index (κ1) is 24.9. The number of nitrogens with zero attached hydrogens (tertiary/aromatic N) is 4. The predicted molar refractivity (Wildman–Crippen MR) is 131 cm³/mol. The first-order valence-electron chi connectivity index (χ1n) is 11.3. The van der Waals surface area contributed by atoms with Gasteiger partial charge in [0.05, 0.1) is 15.9 Å². The molecule has 0 N–H and O–H groups in total. The molecule has 0 radical (unpaired) electrons. The molecule has 0 spiro atoms. The molecule has 0 atom stereocenters. The lowest BCUT2D eigenvalue weighted by Gasteiger charge is -2.17. The van der Waals surface area contributed by atoms with Crippen molar-refractivity contribution < 1.29 is 13.2 Å². The van der Waals surface area contributed by atoms with Crippen LogP contribution < -0.4 is 0 Å². The summed E-state index contributed by atoms with van der Waals surface area (Å²) in [6, 6.07) is 13.3. The highest BCUT2D eigenvalue weighted by Gasteiger charge is 2.20. The van der Waals surface area contributed by atoms with Gasteiger partial charge in [0.1, 0.15) is 5.82 Å². The van der Waals surface area contributed by atoms with Gasteiger partial charge in [-0.3, -0.25) is 4.79 Å². The van der Waals surface area contributed by atoms with Crippen LogP contribution >= 0.6 is 0 Å². The maximum atomic E-state index is 12.8. The van der Waals surface area contributed by atoms with Crippen LogP contribution in [0.5, 0.6) is 0 Å². The number of unbranched alkanes of at least 4 members (excludes halogenated alkanes) is 1. The zero-order chi connectivity index (χ0) is 24.2. The Morgan fingerprint density at radius 1 is 1.06 bits per heavy atom. The zero-order valence-electron chi connectivity index (χ0n) is 20.2. The van der Waals surface area contributed by atoms with E-state index < -0.39 is 10.0 Å². The average molecular weight is 471 g/mol. The van der Waals surface area contributed by atoms with Gasteiger partial charge in [-0.2, -0.15) is 0 Å². The van der Waals surface area contributed by atoms with Gasteiger partial charge in [0.2, 0.25) is 15.9 Å². The lowest BCUT2D eigenvalue weighted by Crippen LogP contribution is -2.26.